The predicted molar refractivity (Wildman–Crippen MR) is 185 cm³/mol. The number of carbonyl (C=O) groups is 4. The molecule has 2 aromatic rings. The number of rotatable bonds is 11. The summed E-state index contributed by atoms with van der Waals surface area (Å²) in [5.74, 6) is 0.997. The summed E-state index contributed by atoms with van der Waals surface area (Å²) in [5.41, 5.74) is 6.96. The lowest BCUT2D eigenvalue weighted by Crippen LogP contribution is -2.29. The molecular formula is C40H60O4. The van der Waals surface area contributed by atoms with Crippen LogP contribution in [0.5, 0.6) is 0 Å². The van der Waals surface area contributed by atoms with Gasteiger partial charge in [0.05, 0.1) is 6.42 Å². The first kappa shape index (κ1) is 39.1. The zero-order chi connectivity index (χ0) is 33.6. The van der Waals surface area contributed by atoms with Gasteiger partial charge >= 0.3 is 0 Å². The van der Waals surface area contributed by atoms with Crippen LogP contribution in [0.3, 0.4) is 0 Å². The summed E-state index contributed by atoms with van der Waals surface area (Å²) in [7, 11) is 0. The first-order valence-corrected chi connectivity index (χ1v) is 16.8. The van der Waals surface area contributed by atoms with E-state index in [1.54, 1.807) is 6.92 Å². The third kappa shape index (κ3) is 12.6. The van der Waals surface area contributed by atoms with E-state index in [-0.39, 0.29) is 46.8 Å². The molecule has 4 nitrogen and oxygen atoms in total. The second kappa shape index (κ2) is 18.8. The standard InChI is InChI=1S/C23H32O3.C14H20O.C3H8/c1-5-8-18(20(6-2)21(25)11-16(4)24)12-17-13-19-10-7-9-15(3)23(19)22(26)14-17;1-10-6-7-12(9-11(2)15)13(8-10)14(3,4)5;1-3-2/h7,9-10,17-18,20H,5-6,8,11-14H2,1-4H3;6-8H,9H2,1-5H3;3H2,1-2H3. The van der Waals surface area contributed by atoms with Gasteiger partial charge in [0.25, 0.3) is 0 Å². The number of aryl methyl sites for hydroxylation is 2. The molecule has 1 aliphatic carbocycles. The fourth-order valence-corrected chi connectivity index (χ4v) is 6.51. The average molecular weight is 605 g/mol. The van der Waals surface area contributed by atoms with Crippen LogP contribution in [0.2, 0.25) is 0 Å². The summed E-state index contributed by atoms with van der Waals surface area (Å²) in [6.45, 7) is 22.2. The molecule has 4 heteroatoms. The molecule has 3 rings (SSSR count). The molecular weight excluding hydrogens is 544 g/mol. The molecule has 44 heavy (non-hydrogen) atoms. The Labute approximate surface area is 268 Å². The summed E-state index contributed by atoms with van der Waals surface area (Å²) in [4.78, 5) is 47.8. The van der Waals surface area contributed by atoms with Crippen LogP contribution in [0.15, 0.2) is 36.4 Å². The largest absolute Gasteiger partial charge is 0.300 e. The minimum absolute atomic E-state index is 0.0460. The SMILES string of the molecule is CC(=O)Cc1ccc(C)cc1C(C)(C)C.CCC.CCCC(CC1CC(=O)c2c(C)cccc2C1)C(CC)C(=O)CC(C)=O. The Bertz CT molecular complexity index is 1250. The number of benzene rings is 2. The molecule has 0 saturated heterocycles. The number of hydrogen-bond donors (Lipinski definition) is 0. The predicted octanol–water partition coefficient (Wildman–Crippen LogP) is 9.96. The lowest BCUT2D eigenvalue weighted by atomic mass is 9.72. The van der Waals surface area contributed by atoms with Crippen molar-refractivity contribution >= 4 is 23.1 Å². The Kier molecular flexibility index (Phi) is 16.7. The highest BCUT2D eigenvalue weighted by Gasteiger charge is 2.32. The molecule has 0 spiro atoms. The first-order chi connectivity index (χ1) is 20.6. The van der Waals surface area contributed by atoms with Crippen molar-refractivity contribution in [2.45, 2.75) is 139 Å². The minimum atomic E-state index is -0.0622. The van der Waals surface area contributed by atoms with E-state index in [1.807, 2.05) is 26.0 Å². The molecule has 0 aliphatic heterocycles. The number of ketones is 4. The van der Waals surface area contributed by atoms with Gasteiger partial charge in [-0.2, -0.15) is 0 Å². The maximum Gasteiger partial charge on any atom is 0.163 e. The summed E-state index contributed by atoms with van der Waals surface area (Å²) >= 11 is 0. The number of fused-ring (bicyclic) bond motifs is 1. The van der Waals surface area contributed by atoms with E-state index in [0.29, 0.717) is 18.8 Å². The molecule has 0 fully saturated rings. The molecule has 0 saturated carbocycles. The smallest absolute Gasteiger partial charge is 0.163 e. The highest BCUT2D eigenvalue weighted by Crippen LogP contribution is 2.36. The van der Waals surface area contributed by atoms with Crippen LogP contribution in [0.4, 0.5) is 0 Å². The summed E-state index contributed by atoms with van der Waals surface area (Å²) in [6, 6.07) is 12.5. The second-order valence-corrected chi connectivity index (χ2v) is 13.9. The highest BCUT2D eigenvalue weighted by molar-refractivity contribution is 6.00. The van der Waals surface area contributed by atoms with Gasteiger partial charge in [-0.25, -0.2) is 0 Å². The highest BCUT2D eigenvalue weighted by atomic mass is 16.1. The van der Waals surface area contributed by atoms with Crippen molar-refractivity contribution < 1.29 is 19.2 Å². The second-order valence-electron chi connectivity index (χ2n) is 13.9. The number of carbonyl (C=O) groups excluding carboxylic acids is 4. The van der Waals surface area contributed by atoms with E-state index in [9.17, 15) is 19.2 Å². The third-order valence-corrected chi connectivity index (χ3v) is 8.27. The molecule has 0 radical (unpaired) electrons. The maximum atomic E-state index is 12.7. The minimum Gasteiger partial charge on any atom is -0.300 e. The normalized spacial score (nSPS) is 15.5. The van der Waals surface area contributed by atoms with Crippen LogP contribution >= 0.6 is 0 Å². The van der Waals surface area contributed by atoms with Crippen LogP contribution in [0.1, 0.15) is 145 Å². The molecule has 0 heterocycles. The van der Waals surface area contributed by atoms with Gasteiger partial charge in [0.1, 0.15) is 17.3 Å². The van der Waals surface area contributed by atoms with Crippen molar-refractivity contribution in [3.8, 4) is 0 Å². The van der Waals surface area contributed by atoms with Crippen molar-refractivity contribution in [1.82, 2.24) is 0 Å². The summed E-state index contributed by atoms with van der Waals surface area (Å²) in [6.07, 6.45) is 7.01. The summed E-state index contributed by atoms with van der Waals surface area (Å²) < 4.78 is 0. The Morgan fingerprint density at radius 1 is 0.909 bits per heavy atom. The van der Waals surface area contributed by atoms with Crippen molar-refractivity contribution in [3.63, 3.8) is 0 Å². The quantitative estimate of drug-likeness (QED) is 0.239. The van der Waals surface area contributed by atoms with Crippen molar-refractivity contribution in [2.24, 2.45) is 17.8 Å². The Morgan fingerprint density at radius 3 is 2.07 bits per heavy atom. The van der Waals surface area contributed by atoms with Gasteiger partial charge in [-0.05, 0) is 86.5 Å². The van der Waals surface area contributed by atoms with E-state index in [4.69, 9.17) is 0 Å². The van der Waals surface area contributed by atoms with E-state index in [0.717, 1.165) is 48.8 Å². The van der Waals surface area contributed by atoms with Gasteiger partial charge in [-0.1, -0.05) is 110 Å². The molecule has 0 amide bonds. The average Bonchev–Trinajstić information content (AvgIpc) is 2.89. The fraction of sp³-hybridized carbons (Fsp3) is 0.600. The van der Waals surface area contributed by atoms with E-state index in [2.05, 4.69) is 72.7 Å². The van der Waals surface area contributed by atoms with Crippen molar-refractivity contribution in [2.75, 3.05) is 0 Å². The van der Waals surface area contributed by atoms with Crippen molar-refractivity contribution in [1.29, 1.82) is 0 Å². The van der Waals surface area contributed by atoms with Gasteiger partial charge in [0, 0.05) is 24.3 Å². The van der Waals surface area contributed by atoms with Crippen LogP contribution in [0.25, 0.3) is 0 Å². The topological polar surface area (TPSA) is 68.3 Å². The van der Waals surface area contributed by atoms with Crippen LogP contribution in [-0.4, -0.2) is 23.1 Å². The number of Topliss-reactive ketones (excluding diaryl/α,β-unsaturated/α-hetero) is 4. The molecule has 0 bridgehead atoms. The monoisotopic (exact) mass is 604 g/mol. The van der Waals surface area contributed by atoms with Crippen LogP contribution in [-0.2, 0) is 32.6 Å². The summed E-state index contributed by atoms with van der Waals surface area (Å²) in [5, 5.41) is 0. The van der Waals surface area contributed by atoms with Crippen LogP contribution in [0, 0.1) is 31.6 Å². The van der Waals surface area contributed by atoms with Gasteiger partial charge in [-0.3, -0.25) is 19.2 Å². The van der Waals surface area contributed by atoms with Gasteiger partial charge in [-0.15, -0.1) is 0 Å². The van der Waals surface area contributed by atoms with Gasteiger partial charge in [0.2, 0.25) is 0 Å². The maximum absolute atomic E-state index is 12.7. The zero-order valence-corrected chi connectivity index (χ0v) is 29.7. The Morgan fingerprint density at radius 2 is 1.55 bits per heavy atom. The molecule has 0 N–H and O–H groups in total. The number of hydrogen-bond acceptors (Lipinski definition) is 4. The zero-order valence-electron chi connectivity index (χ0n) is 29.7. The Balaban J connectivity index is 0.000000455. The fourth-order valence-electron chi connectivity index (χ4n) is 6.51. The molecule has 1 aliphatic rings. The van der Waals surface area contributed by atoms with Crippen LogP contribution < -0.4 is 0 Å². The molecule has 2 aromatic carbocycles. The lowest BCUT2D eigenvalue weighted by Gasteiger charge is -2.31. The third-order valence-electron chi connectivity index (χ3n) is 8.27. The molecule has 3 atom stereocenters. The Hall–Kier alpha value is -2.88. The van der Waals surface area contributed by atoms with E-state index >= 15 is 0 Å². The van der Waals surface area contributed by atoms with E-state index in [1.165, 1.54) is 30.0 Å². The van der Waals surface area contributed by atoms with Crippen molar-refractivity contribution in [3.05, 3.63) is 69.8 Å². The molecule has 3 unspecified atom stereocenters. The molecule has 244 valence electrons. The molecule has 0 aromatic heterocycles. The lowest BCUT2D eigenvalue weighted by molar-refractivity contribution is -0.130. The van der Waals surface area contributed by atoms with Gasteiger partial charge < -0.3 is 0 Å². The first-order valence-electron chi connectivity index (χ1n) is 16.8. The van der Waals surface area contributed by atoms with E-state index < -0.39 is 0 Å². The van der Waals surface area contributed by atoms with Gasteiger partial charge in [0.15, 0.2) is 5.78 Å².